The van der Waals surface area contributed by atoms with Gasteiger partial charge in [-0.1, -0.05) is 32.4 Å². The number of hydrogen-bond acceptors (Lipinski definition) is 6. The fourth-order valence-electron chi connectivity index (χ4n) is 2.67. The van der Waals surface area contributed by atoms with E-state index >= 15 is 0 Å². The van der Waals surface area contributed by atoms with E-state index in [0.717, 1.165) is 19.3 Å². The molecule has 1 aliphatic heterocycles. The van der Waals surface area contributed by atoms with Crippen LogP contribution < -0.4 is 10.6 Å². The van der Waals surface area contributed by atoms with Crippen LogP contribution in [0.5, 0.6) is 0 Å². The van der Waals surface area contributed by atoms with Gasteiger partial charge < -0.3 is 30.7 Å². The second-order valence-electron chi connectivity index (χ2n) is 6.75. The predicted octanol–water partition coefficient (Wildman–Crippen LogP) is -0.529. The number of methoxy groups -OCH3 is 1. The summed E-state index contributed by atoms with van der Waals surface area (Å²) in [6.07, 6.45) is 0.108. The number of allylic oxidation sites excluding steroid dienone is 1. The number of carbonyl (C=O) groups is 2. The van der Waals surface area contributed by atoms with E-state index in [1.807, 2.05) is 13.8 Å². The summed E-state index contributed by atoms with van der Waals surface area (Å²) in [7, 11) is 1.22. The summed E-state index contributed by atoms with van der Waals surface area (Å²) < 4.78 is 5.01. The Kier molecular flexibility index (Phi) is 9.79. The molecule has 1 fully saturated rings. The van der Waals surface area contributed by atoms with Crippen molar-refractivity contribution in [3.63, 3.8) is 0 Å². The molecular weight excluding hydrogens is 340 g/mol. The molecule has 2 amide bonds. The van der Waals surface area contributed by atoms with E-state index in [1.165, 1.54) is 13.2 Å². The molecule has 1 saturated heterocycles. The average Bonchev–Trinajstić information content (AvgIpc) is 2.83. The minimum atomic E-state index is -1.65. The zero-order valence-corrected chi connectivity index (χ0v) is 15.7. The molecule has 0 aromatic carbocycles. The fourth-order valence-corrected chi connectivity index (χ4v) is 2.67. The van der Waals surface area contributed by atoms with Gasteiger partial charge in [-0.3, -0.25) is 9.59 Å². The van der Waals surface area contributed by atoms with Crippen molar-refractivity contribution < 1.29 is 29.6 Å². The summed E-state index contributed by atoms with van der Waals surface area (Å²) in [6, 6.07) is -0.706. The van der Waals surface area contributed by atoms with E-state index in [4.69, 9.17) is 4.74 Å². The van der Waals surface area contributed by atoms with Gasteiger partial charge in [-0.25, -0.2) is 0 Å². The van der Waals surface area contributed by atoms with Crippen LogP contribution in [0.1, 0.15) is 39.5 Å². The summed E-state index contributed by atoms with van der Waals surface area (Å²) >= 11 is 0. The molecule has 1 rings (SSSR count). The van der Waals surface area contributed by atoms with Crippen molar-refractivity contribution in [3.8, 4) is 0 Å². The Bertz CT molecular complexity index is 484. The molecule has 1 aliphatic rings. The lowest BCUT2D eigenvalue weighted by molar-refractivity contribution is -0.150. The van der Waals surface area contributed by atoms with E-state index in [1.54, 1.807) is 6.08 Å². The van der Waals surface area contributed by atoms with Gasteiger partial charge in [0, 0.05) is 13.7 Å². The van der Waals surface area contributed by atoms with Crippen molar-refractivity contribution in [3.05, 3.63) is 12.2 Å². The number of rotatable bonds is 9. The van der Waals surface area contributed by atoms with Gasteiger partial charge >= 0.3 is 0 Å². The van der Waals surface area contributed by atoms with Gasteiger partial charge in [-0.15, -0.1) is 0 Å². The number of ether oxygens (including phenoxy) is 1. The highest BCUT2D eigenvalue weighted by atomic mass is 16.5. The van der Waals surface area contributed by atoms with Crippen molar-refractivity contribution in [2.24, 2.45) is 5.92 Å². The summed E-state index contributed by atoms with van der Waals surface area (Å²) in [5.74, 6) is -0.777. The first-order valence-corrected chi connectivity index (χ1v) is 9.15. The maximum atomic E-state index is 12.4. The van der Waals surface area contributed by atoms with Crippen LogP contribution in [-0.4, -0.2) is 71.2 Å². The zero-order chi connectivity index (χ0) is 19.7. The molecule has 6 atom stereocenters. The first kappa shape index (κ1) is 22.6. The molecule has 0 saturated carbocycles. The molecule has 1 heterocycles. The maximum absolute atomic E-state index is 12.4. The molecule has 8 nitrogen and oxygen atoms in total. The van der Waals surface area contributed by atoms with E-state index in [-0.39, 0.29) is 11.8 Å². The van der Waals surface area contributed by atoms with Crippen LogP contribution in [0.2, 0.25) is 0 Å². The van der Waals surface area contributed by atoms with Gasteiger partial charge in [0.2, 0.25) is 5.91 Å². The smallest absolute Gasteiger partial charge is 0.252 e. The van der Waals surface area contributed by atoms with E-state index in [2.05, 4.69) is 10.6 Å². The normalized spacial score (nSPS) is 24.2. The van der Waals surface area contributed by atoms with Crippen molar-refractivity contribution in [2.45, 2.75) is 70.0 Å². The van der Waals surface area contributed by atoms with Gasteiger partial charge in [-0.2, -0.15) is 0 Å². The highest BCUT2D eigenvalue weighted by Gasteiger charge is 2.36. The van der Waals surface area contributed by atoms with Gasteiger partial charge in [0.25, 0.3) is 5.91 Å². The highest BCUT2D eigenvalue weighted by molar-refractivity contribution is 5.89. The topological polar surface area (TPSA) is 128 Å². The maximum Gasteiger partial charge on any atom is 0.252 e. The van der Waals surface area contributed by atoms with E-state index in [9.17, 15) is 24.9 Å². The second kappa shape index (κ2) is 11.3. The van der Waals surface area contributed by atoms with E-state index < -0.39 is 36.4 Å². The van der Waals surface area contributed by atoms with Crippen molar-refractivity contribution in [1.82, 2.24) is 10.6 Å². The van der Waals surface area contributed by atoms with Crippen molar-refractivity contribution >= 4 is 11.8 Å². The molecule has 26 heavy (non-hydrogen) atoms. The second-order valence-corrected chi connectivity index (χ2v) is 6.75. The third-order valence-corrected chi connectivity index (χ3v) is 4.65. The van der Waals surface area contributed by atoms with Crippen LogP contribution in [0.25, 0.3) is 0 Å². The Morgan fingerprint density at radius 3 is 2.62 bits per heavy atom. The Balaban J connectivity index is 2.70. The monoisotopic (exact) mass is 372 g/mol. The molecule has 150 valence electrons. The number of amides is 2. The van der Waals surface area contributed by atoms with E-state index in [0.29, 0.717) is 13.0 Å². The molecule has 0 radical (unpaired) electrons. The van der Waals surface area contributed by atoms with Crippen molar-refractivity contribution in [1.29, 1.82) is 0 Å². The summed E-state index contributed by atoms with van der Waals surface area (Å²) in [5.41, 5.74) is 0. The van der Waals surface area contributed by atoms with Crippen LogP contribution >= 0.6 is 0 Å². The largest absolute Gasteiger partial charge is 0.387 e. The van der Waals surface area contributed by atoms with Gasteiger partial charge in [0.05, 0.1) is 0 Å². The highest BCUT2D eigenvalue weighted by Crippen LogP contribution is 2.12. The Labute approximate surface area is 154 Å². The number of aliphatic hydroxyl groups excluding tert-OH is 3. The summed E-state index contributed by atoms with van der Waals surface area (Å²) in [5, 5.41) is 35.7. The predicted molar refractivity (Wildman–Crippen MR) is 96.2 cm³/mol. The minimum absolute atomic E-state index is 0.212. The lowest BCUT2D eigenvalue weighted by Gasteiger charge is -2.28. The van der Waals surface area contributed by atoms with Crippen LogP contribution in [-0.2, 0) is 14.3 Å². The van der Waals surface area contributed by atoms with Crippen molar-refractivity contribution in [2.75, 3.05) is 13.7 Å². The van der Waals surface area contributed by atoms with Crippen LogP contribution in [0.15, 0.2) is 12.2 Å². The Morgan fingerprint density at radius 1 is 1.31 bits per heavy atom. The number of carbonyl (C=O) groups excluding carboxylic acids is 2. The number of hydrogen-bond donors (Lipinski definition) is 5. The molecule has 0 aromatic rings. The van der Waals surface area contributed by atoms with Gasteiger partial charge in [0.15, 0.2) is 6.10 Å². The molecule has 0 aromatic heterocycles. The minimum Gasteiger partial charge on any atom is -0.387 e. The van der Waals surface area contributed by atoms with Gasteiger partial charge in [0.1, 0.15) is 24.4 Å². The standard InChI is InChI=1S/C18H32N2O6/c1-4-11(2)8-9-13(21)14(22)15(23)16(26-3)18(25)20-12-7-5-6-10-19-17(12)24/h8-9,11-16,21-23H,4-7,10H2,1-3H3,(H,19,24)(H,20,25)/t11?,12-,13?,14?,15?,16+/m0/s1. The third-order valence-electron chi connectivity index (χ3n) is 4.65. The summed E-state index contributed by atoms with van der Waals surface area (Å²) in [6.45, 7) is 4.51. The lowest BCUT2D eigenvalue weighted by atomic mass is 9.99. The molecule has 8 heteroatoms. The molecule has 0 bridgehead atoms. The third kappa shape index (κ3) is 6.68. The number of nitrogens with one attached hydrogen (secondary N) is 2. The van der Waals surface area contributed by atoms with Crippen LogP contribution in [0.4, 0.5) is 0 Å². The first-order chi connectivity index (χ1) is 12.3. The first-order valence-electron chi connectivity index (χ1n) is 9.15. The van der Waals surface area contributed by atoms with Gasteiger partial charge in [-0.05, 0) is 25.2 Å². The number of aliphatic hydroxyl groups is 3. The van der Waals surface area contributed by atoms with Crippen LogP contribution in [0, 0.1) is 5.92 Å². The van der Waals surface area contributed by atoms with Crippen LogP contribution in [0.3, 0.4) is 0 Å². The molecular formula is C18H32N2O6. The lowest BCUT2D eigenvalue weighted by Crippen LogP contribution is -2.55. The summed E-state index contributed by atoms with van der Waals surface area (Å²) in [4.78, 5) is 24.3. The molecule has 4 unspecified atom stereocenters. The Hall–Kier alpha value is -1.48. The quantitative estimate of drug-likeness (QED) is 0.346. The average molecular weight is 372 g/mol. The Morgan fingerprint density at radius 2 is 2.00 bits per heavy atom. The zero-order valence-electron chi connectivity index (χ0n) is 15.7. The molecule has 0 spiro atoms. The molecule has 0 aliphatic carbocycles. The SMILES string of the molecule is CCC(C)C=CC(O)C(O)C(O)[C@@H](OC)C(=O)N[C@H]1CCCCNC1=O. The fraction of sp³-hybridized carbons (Fsp3) is 0.778. The molecule has 5 N–H and O–H groups in total.